The highest BCUT2D eigenvalue weighted by Gasteiger charge is 2.24. The van der Waals surface area contributed by atoms with Crippen molar-refractivity contribution in [3.05, 3.63) is 65.7 Å². The fraction of sp³-hybridized carbons (Fsp3) is 0.333. The first kappa shape index (κ1) is 14.6. The molecule has 2 N–H and O–H groups in total. The van der Waals surface area contributed by atoms with Gasteiger partial charge < -0.3 is 10.5 Å². The minimum atomic E-state index is -0.0468. The van der Waals surface area contributed by atoms with Gasteiger partial charge in [-0.25, -0.2) is 0 Å². The Balaban J connectivity index is 2.16. The van der Waals surface area contributed by atoms with E-state index in [-0.39, 0.29) is 11.5 Å². The van der Waals surface area contributed by atoms with E-state index < -0.39 is 0 Å². The zero-order valence-electron chi connectivity index (χ0n) is 12.5. The van der Waals surface area contributed by atoms with E-state index in [4.69, 9.17) is 10.5 Å². The Labute approximate surface area is 121 Å². The van der Waals surface area contributed by atoms with Crippen LogP contribution in [0.2, 0.25) is 0 Å². The Morgan fingerprint density at radius 1 is 0.950 bits per heavy atom. The Morgan fingerprint density at radius 2 is 1.55 bits per heavy atom. The Bertz CT molecular complexity index is 543. The third-order valence-electron chi connectivity index (χ3n) is 3.42. The molecule has 2 aromatic rings. The predicted octanol–water partition coefficient (Wildman–Crippen LogP) is 4.31. The van der Waals surface area contributed by atoms with Crippen LogP contribution in [-0.2, 0) is 6.61 Å². The van der Waals surface area contributed by atoms with Crippen molar-refractivity contribution in [1.82, 2.24) is 0 Å². The maximum atomic E-state index is 6.36. The molecule has 2 nitrogen and oxygen atoms in total. The average molecular weight is 269 g/mol. The number of nitrogens with two attached hydrogens (primary N) is 1. The Kier molecular flexibility index (Phi) is 4.46. The zero-order chi connectivity index (χ0) is 14.6. The molecule has 0 aromatic heterocycles. The number of ether oxygens (including phenoxy) is 1. The largest absolute Gasteiger partial charge is 0.489 e. The van der Waals surface area contributed by atoms with Crippen molar-refractivity contribution in [3.8, 4) is 5.75 Å². The summed E-state index contributed by atoms with van der Waals surface area (Å²) in [6.07, 6.45) is 0. The lowest BCUT2D eigenvalue weighted by molar-refractivity contribution is 0.280. The monoisotopic (exact) mass is 269 g/mol. The number of para-hydroxylation sites is 1. The van der Waals surface area contributed by atoms with Crippen LogP contribution in [0.15, 0.2) is 54.6 Å². The summed E-state index contributed by atoms with van der Waals surface area (Å²) in [6, 6.07) is 18.2. The van der Waals surface area contributed by atoms with Crippen LogP contribution < -0.4 is 10.5 Å². The van der Waals surface area contributed by atoms with Gasteiger partial charge in [0.15, 0.2) is 0 Å². The second-order valence-corrected chi connectivity index (χ2v) is 6.16. The Morgan fingerprint density at radius 3 is 2.20 bits per heavy atom. The molecule has 0 bridgehead atoms. The molecule has 20 heavy (non-hydrogen) atoms. The summed E-state index contributed by atoms with van der Waals surface area (Å²) in [5.41, 5.74) is 8.59. The zero-order valence-corrected chi connectivity index (χ0v) is 12.5. The lowest BCUT2D eigenvalue weighted by Gasteiger charge is -2.28. The third kappa shape index (κ3) is 3.61. The van der Waals surface area contributed by atoms with E-state index in [1.165, 1.54) is 0 Å². The van der Waals surface area contributed by atoms with Gasteiger partial charge in [-0.05, 0) is 17.0 Å². The summed E-state index contributed by atoms with van der Waals surface area (Å²) in [5.74, 6) is 0.874. The molecular formula is C18H23NO. The SMILES string of the molecule is CC(C)(C)[C@@H](N)c1ccccc1OCc1ccccc1. The van der Waals surface area contributed by atoms with Crippen LogP contribution >= 0.6 is 0 Å². The van der Waals surface area contributed by atoms with Gasteiger partial charge in [-0.3, -0.25) is 0 Å². The van der Waals surface area contributed by atoms with Crippen LogP contribution in [0.5, 0.6) is 5.75 Å². The molecule has 2 heteroatoms. The number of benzene rings is 2. The van der Waals surface area contributed by atoms with Crippen molar-refractivity contribution >= 4 is 0 Å². The minimum absolute atomic E-state index is 0.00616. The van der Waals surface area contributed by atoms with Crippen LogP contribution in [0, 0.1) is 5.41 Å². The third-order valence-corrected chi connectivity index (χ3v) is 3.42. The van der Waals surface area contributed by atoms with Crippen LogP contribution in [-0.4, -0.2) is 0 Å². The summed E-state index contributed by atoms with van der Waals surface area (Å²) < 4.78 is 5.96. The summed E-state index contributed by atoms with van der Waals surface area (Å²) in [6.45, 7) is 7.00. The maximum absolute atomic E-state index is 6.36. The summed E-state index contributed by atoms with van der Waals surface area (Å²) in [5, 5.41) is 0. The fourth-order valence-corrected chi connectivity index (χ4v) is 2.07. The van der Waals surface area contributed by atoms with Crippen LogP contribution in [0.25, 0.3) is 0 Å². The van der Waals surface area contributed by atoms with E-state index in [9.17, 15) is 0 Å². The van der Waals surface area contributed by atoms with Gasteiger partial charge in [-0.2, -0.15) is 0 Å². The molecule has 0 aliphatic heterocycles. The molecule has 2 aromatic carbocycles. The molecular weight excluding hydrogens is 246 g/mol. The lowest BCUT2D eigenvalue weighted by atomic mass is 9.83. The highest BCUT2D eigenvalue weighted by Crippen LogP contribution is 2.35. The molecule has 0 unspecified atom stereocenters. The van der Waals surface area contributed by atoms with E-state index >= 15 is 0 Å². The summed E-state index contributed by atoms with van der Waals surface area (Å²) >= 11 is 0. The van der Waals surface area contributed by atoms with E-state index in [0.717, 1.165) is 16.9 Å². The quantitative estimate of drug-likeness (QED) is 0.897. The second-order valence-electron chi connectivity index (χ2n) is 6.16. The van der Waals surface area contributed by atoms with Crippen LogP contribution in [0.4, 0.5) is 0 Å². The molecule has 0 aliphatic carbocycles. The average Bonchev–Trinajstić information content (AvgIpc) is 2.45. The first-order valence-corrected chi connectivity index (χ1v) is 7.00. The van der Waals surface area contributed by atoms with Gasteiger partial charge in [-0.15, -0.1) is 0 Å². The number of hydrogen-bond acceptors (Lipinski definition) is 2. The minimum Gasteiger partial charge on any atom is -0.489 e. The van der Waals surface area contributed by atoms with Crippen molar-refractivity contribution in [3.63, 3.8) is 0 Å². The first-order chi connectivity index (χ1) is 9.48. The number of rotatable bonds is 4. The van der Waals surface area contributed by atoms with Crippen LogP contribution in [0.3, 0.4) is 0 Å². The molecule has 0 aliphatic rings. The maximum Gasteiger partial charge on any atom is 0.124 e. The van der Waals surface area contributed by atoms with Gasteiger partial charge in [0.25, 0.3) is 0 Å². The predicted molar refractivity (Wildman–Crippen MR) is 83.6 cm³/mol. The normalized spacial score (nSPS) is 13.0. The van der Waals surface area contributed by atoms with Gasteiger partial charge >= 0.3 is 0 Å². The van der Waals surface area contributed by atoms with Crippen molar-refractivity contribution in [2.24, 2.45) is 11.1 Å². The number of hydrogen-bond donors (Lipinski definition) is 1. The smallest absolute Gasteiger partial charge is 0.124 e. The molecule has 1 atom stereocenters. The topological polar surface area (TPSA) is 35.2 Å². The summed E-state index contributed by atoms with van der Waals surface area (Å²) in [4.78, 5) is 0. The van der Waals surface area contributed by atoms with E-state index in [1.807, 2.05) is 36.4 Å². The van der Waals surface area contributed by atoms with Gasteiger partial charge in [0.05, 0.1) is 0 Å². The molecule has 0 heterocycles. The van der Waals surface area contributed by atoms with Gasteiger partial charge in [-0.1, -0.05) is 69.3 Å². The highest BCUT2D eigenvalue weighted by molar-refractivity contribution is 5.37. The molecule has 0 fully saturated rings. The van der Waals surface area contributed by atoms with E-state index in [2.05, 4.69) is 39.0 Å². The second kappa shape index (κ2) is 6.10. The highest BCUT2D eigenvalue weighted by atomic mass is 16.5. The molecule has 2 rings (SSSR count). The molecule has 106 valence electrons. The molecule has 0 spiro atoms. The van der Waals surface area contributed by atoms with E-state index in [0.29, 0.717) is 6.61 Å². The standard InChI is InChI=1S/C18H23NO/c1-18(2,3)17(19)15-11-7-8-12-16(15)20-13-14-9-5-4-6-10-14/h4-12,17H,13,19H2,1-3H3/t17-/m0/s1. The van der Waals surface area contributed by atoms with Crippen molar-refractivity contribution in [1.29, 1.82) is 0 Å². The van der Waals surface area contributed by atoms with Crippen molar-refractivity contribution in [2.45, 2.75) is 33.4 Å². The van der Waals surface area contributed by atoms with Gasteiger partial charge in [0.1, 0.15) is 12.4 Å². The van der Waals surface area contributed by atoms with Crippen molar-refractivity contribution < 1.29 is 4.74 Å². The molecule has 0 saturated carbocycles. The molecule has 0 amide bonds. The lowest BCUT2D eigenvalue weighted by Crippen LogP contribution is -2.26. The first-order valence-electron chi connectivity index (χ1n) is 7.00. The molecule has 0 saturated heterocycles. The Hall–Kier alpha value is -1.80. The van der Waals surface area contributed by atoms with Crippen molar-refractivity contribution in [2.75, 3.05) is 0 Å². The molecule has 0 radical (unpaired) electrons. The van der Waals surface area contributed by atoms with Crippen LogP contribution in [0.1, 0.15) is 37.9 Å². The van der Waals surface area contributed by atoms with Gasteiger partial charge in [0.2, 0.25) is 0 Å². The van der Waals surface area contributed by atoms with E-state index in [1.54, 1.807) is 0 Å². The summed E-state index contributed by atoms with van der Waals surface area (Å²) in [7, 11) is 0. The fourth-order valence-electron chi connectivity index (χ4n) is 2.07. The van der Waals surface area contributed by atoms with Gasteiger partial charge in [0, 0.05) is 11.6 Å².